The lowest BCUT2D eigenvalue weighted by Gasteiger charge is -2.26. The molecule has 0 fully saturated rings. The normalized spacial score (nSPS) is 12.9. The second kappa shape index (κ2) is 71.1. The molecule has 0 aromatic heterocycles. The third kappa shape index (κ3) is 72.5. The third-order valence-electron chi connectivity index (χ3n) is 17.5. The Balaban J connectivity index is 4.00. The number of carboxylic acid groups (broad SMARTS) is 1. The molecule has 0 amide bonds. The zero-order chi connectivity index (χ0) is 64.7. The van der Waals surface area contributed by atoms with E-state index in [4.69, 9.17) is 18.9 Å². The molecule has 0 saturated heterocycles. The number of likely N-dealkylation sites (N-methyl/N-ethyl adjacent to an activating group) is 1. The lowest BCUT2D eigenvalue weighted by atomic mass is 10.0. The van der Waals surface area contributed by atoms with E-state index < -0.39 is 24.3 Å². The lowest BCUT2D eigenvalue weighted by Crippen LogP contribution is -2.44. The molecule has 2 atom stereocenters. The number of esters is 2. The second-order valence-corrected chi connectivity index (χ2v) is 27.6. The van der Waals surface area contributed by atoms with Gasteiger partial charge in [0.05, 0.1) is 40.3 Å². The summed E-state index contributed by atoms with van der Waals surface area (Å²) in [4.78, 5) is 37.6. The van der Waals surface area contributed by atoms with Gasteiger partial charge in [-0.1, -0.05) is 345 Å². The van der Waals surface area contributed by atoms with Gasteiger partial charge in [0.2, 0.25) is 0 Å². The SMILES string of the molecule is CCCCCCC/C=C\C/C=C\CCCCCCCCCCCCCCCCCCCCCCCC(=O)OC(COC(=O)CCCCCCCCCCCCCCCCCCCCC/C=C\C/C=C\CCCCCCC)COC(OCC[N+](C)(C)C)C(=O)[O-]. The van der Waals surface area contributed by atoms with Crippen LogP contribution in [0.1, 0.15) is 386 Å². The molecule has 522 valence electrons. The number of carboxylic acids is 1. The molecule has 9 heteroatoms. The molecule has 0 heterocycles. The maximum Gasteiger partial charge on any atom is 0.306 e. The molecule has 89 heavy (non-hydrogen) atoms. The molecule has 9 nitrogen and oxygen atoms in total. The van der Waals surface area contributed by atoms with Gasteiger partial charge in [-0.25, -0.2) is 0 Å². The van der Waals surface area contributed by atoms with Crippen molar-refractivity contribution in [3.63, 3.8) is 0 Å². The number of allylic oxidation sites excluding steroid dienone is 8. The minimum atomic E-state index is -1.62. The summed E-state index contributed by atoms with van der Waals surface area (Å²) in [7, 11) is 5.95. The third-order valence-corrected chi connectivity index (χ3v) is 17.5. The van der Waals surface area contributed by atoms with Crippen molar-refractivity contribution >= 4 is 17.9 Å². The van der Waals surface area contributed by atoms with E-state index in [9.17, 15) is 19.5 Å². The number of unbranched alkanes of at least 4 members (excludes halogenated alkanes) is 50. The van der Waals surface area contributed by atoms with Crippen LogP contribution in [-0.2, 0) is 33.3 Å². The molecule has 0 aromatic carbocycles. The van der Waals surface area contributed by atoms with Gasteiger partial charge in [0.1, 0.15) is 13.2 Å². The van der Waals surface area contributed by atoms with Gasteiger partial charge in [-0.2, -0.15) is 0 Å². The number of aliphatic carboxylic acids is 1. The maximum atomic E-state index is 13.0. The zero-order valence-corrected chi connectivity index (χ0v) is 59.8. The number of carbonyl (C=O) groups is 3. The lowest BCUT2D eigenvalue weighted by molar-refractivity contribution is -0.870. The van der Waals surface area contributed by atoms with Crippen LogP contribution in [0.4, 0.5) is 0 Å². The number of quaternary nitrogens is 1. The van der Waals surface area contributed by atoms with Crippen molar-refractivity contribution in [3.05, 3.63) is 48.6 Å². The molecule has 0 radical (unpaired) electrons. The summed E-state index contributed by atoms with van der Waals surface area (Å²) in [5, 5.41) is 11.8. The van der Waals surface area contributed by atoms with Gasteiger partial charge in [0, 0.05) is 12.8 Å². The summed E-state index contributed by atoms with van der Waals surface area (Å²) in [5.41, 5.74) is 0. The maximum absolute atomic E-state index is 13.0. The highest BCUT2D eigenvalue weighted by molar-refractivity contribution is 5.70. The molecule has 0 aliphatic carbocycles. The molecule has 0 spiro atoms. The molecule has 0 saturated carbocycles. The van der Waals surface area contributed by atoms with E-state index in [1.807, 2.05) is 21.1 Å². The standard InChI is InChI=1S/C80H149NO8/c1-6-8-10-12-14-16-18-20-22-24-26-28-30-32-34-36-38-39-41-43-45-47-49-51-53-55-57-59-61-63-65-67-69-71-78(83)89-76(75-88-80(79(84)85)86-73-72-81(3,4)5)74-87-77(82)70-68-66-64-62-60-58-56-54-52-50-48-46-44-42-40-37-35-33-31-29-27-25-23-21-19-17-15-13-11-9-7-2/h18-21,24-27,76,80H,6-17,22-23,28-75H2,1-5H3/b20-18-,21-19-,26-24-,27-25-. The monoisotopic (exact) mass is 1250 g/mol. The fourth-order valence-corrected chi connectivity index (χ4v) is 11.6. The predicted octanol–water partition coefficient (Wildman–Crippen LogP) is 23.1. The van der Waals surface area contributed by atoms with E-state index in [-0.39, 0.29) is 32.2 Å². The van der Waals surface area contributed by atoms with E-state index in [1.54, 1.807) is 0 Å². The number of hydrogen-bond donors (Lipinski definition) is 0. The van der Waals surface area contributed by atoms with Gasteiger partial charge >= 0.3 is 11.9 Å². The first-order valence-electron chi connectivity index (χ1n) is 38.8. The highest BCUT2D eigenvalue weighted by Crippen LogP contribution is 2.19. The number of hydrogen-bond acceptors (Lipinski definition) is 8. The fraction of sp³-hybridized carbons (Fsp3) is 0.863. The first kappa shape index (κ1) is 86.2. The van der Waals surface area contributed by atoms with Crippen LogP contribution in [-0.4, -0.2) is 82.3 Å². The van der Waals surface area contributed by atoms with Crippen molar-refractivity contribution in [1.29, 1.82) is 0 Å². The Morgan fingerprint density at radius 3 is 0.888 bits per heavy atom. The van der Waals surface area contributed by atoms with Crippen molar-refractivity contribution in [2.24, 2.45) is 0 Å². The van der Waals surface area contributed by atoms with E-state index in [0.717, 1.165) is 51.4 Å². The van der Waals surface area contributed by atoms with Gasteiger partial charge in [-0.15, -0.1) is 0 Å². The quantitative estimate of drug-likeness (QED) is 0.0195. The van der Waals surface area contributed by atoms with Gasteiger partial charge in [0.25, 0.3) is 0 Å². The Morgan fingerprint density at radius 1 is 0.337 bits per heavy atom. The second-order valence-electron chi connectivity index (χ2n) is 27.6. The number of ether oxygens (including phenoxy) is 4. The smallest absolute Gasteiger partial charge is 0.306 e. The molecule has 0 aromatic rings. The first-order valence-corrected chi connectivity index (χ1v) is 38.8. The van der Waals surface area contributed by atoms with Crippen molar-refractivity contribution < 1.29 is 42.9 Å². The van der Waals surface area contributed by atoms with Crippen molar-refractivity contribution in [2.75, 3.05) is 47.5 Å². The average molecular weight is 1250 g/mol. The highest BCUT2D eigenvalue weighted by Gasteiger charge is 2.22. The van der Waals surface area contributed by atoms with Crippen LogP contribution in [0.3, 0.4) is 0 Å². The Kier molecular flexibility index (Phi) is 68.9. The Morgan fingerprint density at radius 2 is 0.607 bits per heavy atom. The molecule has 0 aliphatic rings. The predicted molar refractivity (Wildman–Crippen MR) is 380 cm³/mol. The Bertz CT molecular complexity index is 1600. The van der Waals surface area contributed by atoms with Gasteiger partial charge in [-0.05, 0) is 77.0 Å². The number of nitrogens with zero attached hydrogens (tertiary/aromatic N) is 1. The first-order chi connectivity index (χ1) is 43.6. The molecule has 0 bridgehead atoms. The number of rotatable bonds is 73. The molecule has 0 rings (SSSR count). The summed E-state index contributed by atoms with van der Waals surface area (Å²) in [6, 6.07) is 0. The van der Waals surface area contributed by atoms with Gasteiger partial charge in [0.15, 0.2) is 12.4 Å². The van der Waals surface area contributed by atoms with Crippen LogP contribution >= 0.6 is 0 Å². The summed E-state index contributed by atoms with van der Waals surface area (Å²) in [6.07, 6.45) is 89.4. The zero-order valence-electron chi connectivity index (χ0n) is 59.8. The van der Waals surface area contributed by atoms with Crippen LogP contribution in [0.5, 0.6) is 0 Å². The fourth-order valence-electron chi connectivity index (χ4n) is 11.6. The van der Waals surface area contributed by atoms with Crippen LogP contribution in [0.25, 0.3) is 0 Å². The molecular formula is C80H149NO8. The van der Waals surface area contributed by atoms with E-state index in [1.165, 1.54) is 308 Å². The Hall–Kier alpha value is -2.75. The topological polar surface area (TPSA) is 111 Å². The van der Waals surface area contributed by atoms with Crippen molar-refractivity contribution in [2.45, 2.75) is 399 Å². The van der Waals surface area contributed by atoms with Crippen LogP contribution in [0, 0.1) is 0 Å². The van der Waals surface area contributed by atoms with Crippen molar-refractivity contribution in [1.82, 2.24) is 0 Å². The summed E-state index contributed by atoms with van der Waals surface area (Å²) < 4.78 is 22.9. The van der Waals surface area contributed by atoms with E-state index >= 15 is 0 Å². The van der Waals surface area contributed by atoms with Gasteiger partial charge < -0.3 is 33.3 Å². The van der Waals surface area contributed by atoms with Crippen LogP contribution in [0.15, 0.2) is 48.6 Å². The molecule has 2 unspecified atom stereocenters. The molecule has 0 N–H and O–H groups in total. The van der Waals surface area contributed by atoms with Crippen molar-refractivity contribution in [3.8, 4) is 0 Å². The molecular weight excluding hydrogens is 1100 g/mol. The van der Waals surface area contributed by atoms with Crippen LogP contribution in [0.2, 0.25) is 0 Å². The summed E-state index contributed by atoms with van der Waals surface area (Å²) >= 11 is 0. The average Bonchev–Trinajstić information content (AvgIpc) is 3.64. The molecule has 0 aliphatic heterocycles. The largest absolute Gasteiger partial charge is 0.545 e. The minimum Gasteiger partial charge on any atom is -0.545 e. The highest BCUT2D eigenvalue weighted by atomic mass is 16.7. The summed E-state index contributed by atoms with van der Waals surface area (Å²) in [5.74, 6) is -2.25. The number of carbonyl (C=O) groups excluding carboxylic acids is 3. The minimum absolute atomic E-state index is 0.150. The van der Waals surface area contributed by atoms with Gasteiger partial charge in [-0.3, -0.25) is 9.59 Å². The van der Waals surface area contributed by atoms with E-state index in [2.05, 4.69) is 62.5 Å². The summed E-state index contributed by atoms with van der Waals surface area (Å²) in [6.45, 7) is 4.80. The van der Waals surface area contributed by atoms with E-state index in [0.29, 0.717) is 17.4 Å². The Labute approximate surface area is 553 Å². The van der Waals surface area contributed by atoms with Crippen LogP contribution < -0.4 is 5.11 Å².